The maximum absolute atomic E-state index is 3.79. The van der Waals surface area contributed by atoms with Gasteiger partial charge in [-0.15, -0.1) is 0 Å². The van der Waals surface area contributed by atoms with E-state index in [1.54, 1.807) is 0 Å². The van der Waals surface area contributed by atoms with Crippen LogP contribution < -0.4 is 11.1 Å². The molecule has 0 amide bonds. The van der Waals surface area contributed by atoms with E-state index in [1.807, 2.05) is 0 Å². The number of rotatable bonds is 3. The van der Waals surface area contributed by atoms with E-state index < -0.39 is 0 Å². The summed E-state index contributed by atoms with van der Waals surface area (Å²) in [6.07, 6.45) is 1.23. The summed E-state index contributed by atoms with van der Waals surface area (Å²) in [6, 6.07) is 0. The van der Waals surface area contributed by atoms with Crippen LogP contribution in [0.1, 0.15) is 27.2 Å². The molecule has 0 rings (SSSR count). The van der Waals surface area contributed by atoms with Gasteiger partial charge in [0.1, 0.15) is 0 Å². The van der Waals surface area contributed by atoms with Crippen LogP contribution in [0.2, 0.25) is 0 Å². The highest BCUT2D eigenvalue weighted by Crippen LogP contribution is 1.87. The molecule has 0 aromatic carbocycles. The Morgan fingerprint density at radius 3 is 2.22 bits per heavy atom. The molecule has 0 unspecified atom stereocenters. The highest BCUT2D eigenvalue weighted by Gasteiger charge is 2.10. The third kappa shape index (κ3) is 7.92. The molecule has 0 spiro atoms. The zero-order chi connectivity index (χ0) is 7.33. The van der Waals surface area contributed by atoms with E-state index in [0.717, 1.165) is 6.54 Å². The monoisotopic (exact) mass is 132 g/mol. The van der Waals surface area contributed by atoms with Crippen LogP contribution in [0.15, 0.2) is 0 Å². The second-order valence-electron chi connectivity index (χ2n) is 3.57. The Hall–Kier alpha value is -0.0800. The van der Waals surface area contributed by atoms with E-state index in [2.05, 4.69) is 31.8 Å². The summed E-state index contributed by atoms with van der Waals surface area (Å²) in [5.74, 6) is 0. The van der Waals surface area contributed by atoms with Gasteiger partial charge in [0, 0.05) is 6.42 Å². The molecule has 56 valence electrons. The van der Waals surface area contributed by atoms with Gasteiger partial charge in [0.25, 0.3) is 0 Å². The van der Waals surface area contributed by atoms with Gasteiger partial charge < -0.3 is 11.1 Å². The summed E-state index contributed by atoms with van der Waals surface area (Å²) in [7, 11) is 0. The third-order valence-corrected chi connectivity index (χ3v) is 1.21. The SMILES string of the molecule is CC(C)(C)[NH2+]CCC[NH3+]. The summed E-state index contributed by atoms with van der Waals surface area (Å²) in [5.41, 5.74) is 4.18. The first-order chi connectivity index (χ1) is 4.06. The molecule has 9 heavy (non-hydrogen) atoms. The molecular weight excluding hydrogens is 112 g/mol. The van der Waals surface area contributed by atoms with Crippen molar-refractivity contribution < 1.29 is 11.1 Å². The molecule has 0 aromatic rings. The first-order valence-corrected chi connectivity index (χ1v) is 3.70. The second kappa shape index (κ2) is 3.85. The zero-order valence-corrected chi connectivity index (χ0v) is 6.91. The quantitative estimate of drug-likeness (QED) is 0.462. The normalized spacial score (nSPS) is 12.0. The van der Waals surface area contributed by atoms with Gasteiger partial charge in [-0.3, -0.25) is 0 Å². The molecular formula is C7H20N2+2. The maximum Gasteiger partial charge on any atom is 0.0876 e. The van der Waals surface area contributed by atoms with Gasteiger partial charge in [-0.25, -0.2) is 0 Å². The largest absolute Gasteiger partial charge is 0.357 e. The lowest BCUT2D eigenvalue weighted by Crippen LogP contribution is -2.94. The van der Waals surface area contributed by atoms with Crippen molar-refractivity contribution in [2.24, 2.45) is 0 Å². The van der Waals surface area contributed by atoms with Crippen LogP contribution in [0.3, 0.4) is 0 Å². The summed E-state index contributed by atoms with van der Waals surface area (Å²) < 4.78 is 0. The van der Waals surface area contributed by atoms with Crippen molar-refractivity contribution >= 4 is 0 Å². The van der Waals surface area contributed by atoms with Crippen molar-refractivity contribution in [2.45, 2.75) is 32.7 Å². The van der Waals surface area contributed by atoms with Crippen molar-refractivity contribution in [2.75, 3.05) is 13.1 Å². The fraction of sp³-hybridized carbons (Fsp3) is 1.00. The lowest BCUT2D eigenvalue weighted by Gasteiger charge is -2.15. The molecule has 0 fully saturated rings. The van der Waals surface area contributed by atoms with Crippen molar-refractivity contribution in [3.63, 3.8) is 0 Å². The Morgan fingerprint density at radius 2 is 1.89 bits per heavy atom. The summed E-state index contributed by atoms with van der Waals surface area (Å²) >= 11 is 0. The minimum absolute atomic E-state index is 0.398. The van der Waals surface area contributed by atoms with Gasteiger partial charge in [0.15, 0.2) is 0 Å². The Kier molecular flexibility index (Phi) is 3.82. The standard InChI is InChI=1S/C7H18N2/c1-7(2,3)9-6-4-5-8/h9H,4-6,8H2,1-3H3/p+2. The molecule has 0 aromatic heterocycles. The molecule has 0 saturated carbocycles. The van der Waals surface area contributed by atoms with Crippen molar-refractivity contribution in [3.8, 4) is 0 Å². The van der Waals surface area contributed by atoms with Gasteiger partial charge in [-0.2, -0.15) is 0 Å². The number of hydrogen-bond acceptors (Lipinski definition) is 0. The molecule has 0 radical (unpaired) electrons. The van der Waals surface area contributed by atoms with E-state index in [-0.39, 0.29) is 0 Å². The lowest BCUT2D eigenvalue weighted by molar-refractivity contribution is -0.718. The van der Waals surface area contributed by atoms with Gasteiger partial charge in [0.2, 0.25) is 0 Å². The fourth-order valence-electron chi connectivity index (χ4n) is 0.679. The molecule has 0 aliphatic rings. The Bertz CT molecular complexity index is 63.8. The van der Waals surface area contributed by atoms with Gasteiger partial charge in [0.05, 0.1) is 18.6 Å². The van der Waals surface area contributed by atoms with E-state index >= 15 is 0 Å². The van der Waals surface area contributed by atoms with E-state index in [1.165, 1.54) is 13.0 Å². The van der Waals surface area contributed by atoms with E-state index in [4.69, 9.17) is 0 Å². The highest BCUT2D eigenvalue weighted by molar-refractivity contribution is 4.51. The predicted molar refractivity (Wildman–Crippen MR) is 38.9 cm³/mol. The van der Waals surface area contributed by atoms with Gasteiger partial charge in [-0.05, 0) is 20.8 Å². The van der Waals surface area contributed by atoms with Crippen LogP contribution in [-0.2, 0) is 0 Å². The molecule has 5 N–H and O–H groups in total. The summed E-state index contributed by atoms with van der Waals surface area (Å²) in [6.45, 7) is 8.97. The van der Waals surface area contributed by atoms with Crippen LogP contribution in [0.25, 0.3) is 0 Å². The zero-order valence-electron chi connectivity index (χ0n) is 6.91. The van der Waals surface area contributed by atoms with Crippen LogP contribution in [0, 0.1) is 0 Å². The lowest BCUT2D eigenvalue weighted by atomic mass is 10.1. The van der Waals surface area contributed by atoms with Crippen LogP contribution in [-0.4, -0.2) is 18.6 Å². The minimum Gasteiger partial charge on any atom is -0.357 e. The van der Waals surface area contributed by atoms with Crippen molar-refractivity contribution in [1.29, 1.82) is 0 Å². The molecule has 0 heterocycles. The van der Waals surface area contributed by atoms with E-state index in [0.29, 0.717) is 5.54 Å². The first-order valence-electron chi connectivity index (χ1n) is 3.70. The second-order valence-corrected chi connectivity index (χ2v) is 3.57. The van der Waals surface area contributed by atoms with Crippen LogP contribution in [0.5, 0.6) is 0 Å². The topological polar surface area (TPSA) is 44.2 Å². The Labute approximate surface area is 57.8 Å². The molecule has 2 nitrogen and oxygen atoms in total. The van der Waals surface area contributed by atoms with Gasteiger partial charge in [-0.1, -0.05) is 0 Å². The maximum atomic E-state index is 3.79. The molecule has 2 heteroatoms. The van der Waals surface area contributed by atoms with Gasteiger partial charge >= 0.3 is 0 Å². The number of nitrogens with two attached hydrogens (primary N) is 1. The number of quaternary nitrogens is 2. The molecule has 0 atom stereocenters. The van der Waals surface area contributed by atoms with Crippen LogP contribution in [0.4, 0.5) is 0 Å². The third-order valence-electron chi connectivity index (χ3n) is 1.21. The van der Waals surface area contributed by atoms with Crippen molar-refractivity contribution in [3.05, 3.63) is 0 Å². The van der Waals surface area contributed by atoms with Crippen molar-refractivity contribution in [1.82, 2.24) is 0 Å². The fourth-order valence-corrected chi connectivity index (χ4v) is 0.679. The van der Waals surface area contributed by atoms with Crippen LogP contribution >= 0.6 is 0 Å². The minimum atomic E-state index is 0.398. The molecule has 0 saturated heterocycles. The molecule has 0 aliphatic carbocycles. The average Bonchev–Trinajstić information content (AvgIpc) is 1.63. The average molecular weight is 132 g/mol. The smallest absolute Gasteiger partial charge is 0.0876 e. The summed E-state index contributed by atoms with van der Waals surface area (Å²) in [5, 5.41) is 2.36. The Balaban J connectivity index is 3.07. The number of hydrogen-bond donors (Lipinski definition) is 2. The predicted octanol–water partition coefficient (Wildman–Crippen LogP) is -1.02. The first kappa shape index (κ1) is 8.92. The molecule has 0 aliphatic heterocycles. The summed E-state index contributed by atoms with van der Waals surface area (Å²) in [4.78, 5) is 0. The Morgan fingerprint density at radius 1 is 1.33 bits per heavy atom. The highest BCUT2D eigenvalue weighted by atomic mass is 14.9. The van der Waals surface area contributed by atoms with E-state index in [9.17, 15) is 0 Å². The molecule has 0 bridgehead atoms.